The molecule has 3 rings (SSSR count). The van der Waals surface area contributed by atoms with Crippen LogP contribution in [0.1, 0.15) is 30.3 Å². The molecule has 1 aliphatic rings. The molecule has 1 N–H and O–H groups in total. The van der Waals surface area contributed by atoms with Gasteiger partial charge in [-0.05, 0) is 25.0 Å². The van der Waals surface area contributed by atoms with E-state index in [4.69, 9.17) is 4.98 Å². The van der Waals surface area contributed by atoms with Crippen LogP contribution in [0.3, 0.4) is 0 Å². The number of benzene rings is 1. The summed E-state index contributed by atoms with van der Waals surface area (Å²) in [5.74, 6) is 0. The van der Waals surface area contributed by atoms with Gasteiger partial charge in [0, 0.05) is 23.7 Å². The minimum atomic E-state index is -3.18. The van der Waals surface area contributed by atoms with Gasteiger partial charge in [-0.3, -0.25) is 4.90 Å². The smallest absolute Gasteiger partial charge is 0.175 e. The highest BCUT2D eigenvalue weighted by Gasteiger charge is 2.25. The second-order valence-electron chi connectivity index (χ2n) is 5.83. The van der Waals surface area contributed by atoms with E-state index >= 15 is 0 Å². The third-order valence-corrected chi connectivity index (χ3v) is 6.25. The Morgan fingerprint density at radius 1 is 1.30 bits per heavy atom. The molecule has 1 aromatic carbocycles. The van der Waals surface area contributed by atoms with Crippen molar-refractivity contribution >= 4 is 21.2 Å². The minimum Gasteiger partial charge on any atom is -0.381 e. The number of aliphatic hydroxyl groups excluding tert-OH is 1. The van der Waals surface area contributed by atoms with E-state index < -0.39 is 9.84 Å². The van der Waals surface area contributed by atoms with Gasteiger partial charge in [0.1, 0.15) is 5.01 Å². The Balaban J connectivity index is 1.84. The lowest BCUT2D eigenvalue weighted by Gasteiger charge is -2.32. The maximum atomic E-state index is 11.5. The number of sulfone groups is 1. The number of aliphatic hydroxyl groups is 1. The van der Waals surface area contributed by atoms with Crippen molar-refractivity contribution in [1.82, 2.24) is 9.88 Å². The average molecular weight is 352 g/mol. The summed E-state index contributed by atoms with van der Waals surface area (Å²) < 4.78 is 23.0. The average Bonchev–Trinajstić information content (AvgIpc) is 3.04. The van der Waals surface area contributed by atoms with E-state index in [1.54, 1.807) is 35.6 Å². The molecular weight excluding hydrogens is 332 g/mol. The fraction of sp³-hybridized carbons (Fsp3) is 0.438. The Hall–Kier alpha value is -1.28. The normalized spacial score (nSPS) is 19.8. The van der Waals surface area contributed by atoms with E-state index in [1.165, 1.54) is 6.26 Å². The molecule has 0 unspecified atom stereocenters. The molecule has 0 radical (unpaired) electrons. The van der Waals surface area contributed by atoms with Gasteiger partial charge in [-0.2, -0.15) is 0 Å². The maximum absolute atomic E-state index is 11.5. The number of rotatable bonds is 4. The number of thiazole rings is 1. The van der Waals surface area contributed by atoms with Gasteiger partial charge in [0.05, 0.1) is 23.4 Å². The molecule has 0 amide bonds. The Morgan fingerprint density at radius 2 is 2.04 bits per heavy atom. The number of nitrogens with zero attached hydrogens (tertiary/aromatic N) is 2. The fourth-order valence-corrected chi connectivity index (χ4v) is 4.51. The predicted octanol–water partition coefficient (Wildman–Crippen LogP) is 2.69. The second-order valence-corrected chi connectivity index (χ2v) is 8.74. The zero-order valence-electron chi connectivity index (χ0n) is 13.0. The Bertz CT molecular complexity index is 769. The molecule has 1 aliphatic heterocycles. The zero-order chi connectivity index (χ0) is 16.4. The van der Waals surface area contributed by atoms with Crippen LogP contribution in [0, 0.1) is 0 Å². The van der Waals surface area contributed by atoms with Gasteiger partial charge in [0.15, 0.2) is 9.84 Å². The number of piperidine rings is 1. The third kappa shape index (κ3) is 3.63. The summed E-state index contributed by atoms with van der Waals surface area (Å²) in [5, 5.41) is 12.5. The van der Waals surface area contributed by atoms with Crippen molar-refractivity contribution in [1.29, 1.82) is 0 Å². The van der Waals surface area contributed by atoms with Crippen LogP contribution in [0.15, 0.2) is 34.5 Å². The lowest BCUT2D eigenvalue weighted by molar-refractivity contribution is 0.0435. The minimum absolute atomic E-state index is 0.0582. The van der Waals surface area contributed by atoms with Gasteiger partial charge < -0.3 is 5.11 Å². The van der Waals surface area contributed by atoms with E-state index in [1.807, 2.05) is 5.38 Å². The van der Waals surface area contributed by atoms with Crippen LogP contribution >= 0.6 is 11.3 Å². The number of hydrogen-bond acceptors (Lipinski definition) is 6. The summed E-state index contributed by atoms with van der Waals surface area (Å²) in [4.78, 5) is 7.08. The largest absolute Gasteiger partial charge is 0.381 e. The van der Waals surface area contributed by atoms with Gasteiger partial charge >= 0.3 is 0 Å². The molecule has 5 nitrogen and oxygen atoms in total. The second kappa shape index (κ2) is 6.68. The number of hydrogen-bond donors (Lipinski definition) is 1. The van der Waals surface area contributed by atoms with E-state index in [-0.39, 0.29) is 12.8 Å². The molecule has 1 fully saturated rings. The van der Waals surface area contributed by atoms with Crippen molar-refractivity contribution < 1.29 is 13.5 Å². The Labute approximate surface area is 140 Å². The van der Waals surface area contributed by atoms with Crippen LogP contribution in [0.4, 0.5) is 0 Å². The lowest BCUT2D eigenvalue weighted by Crippen LogP contribution is -2.33. The third-order valence-electron chi connectivity index (χ3n) is 4.18. The summed E-state index contributed by atoms with van der Waals surface area (Å²) in [6.07, 6.45) is 4.48. The van der Waals surface area contributed by atoms with Crippen LogP contribution in [-0.2, 0) is 9.84 Å². The van der Waals surface area contributed by atoms with Gasteiger partial charge in [0.25, 0.3) is 0 Å². The maximum Gasteiger partial charge on any atom is 0.175 e. The van der Waals surface area contributed by atoms with Crippen molar-refractivity contribution in [2.75, 3.05) is 19.5 Å². The lowest BCUT2D eigenvalue weighted by atomic mass is 10.0. The highest BCUT2D eigenvalue weighted by Crippen LogP contribution is 2.34. The van der Waals surface area contributed by atoms with Crippen molar-refractivity contribution in [2.24, 2.45) is 0 Å². The standard InChI is InChI=1S/C16H20N2O3S2/c1-23(20,21)13-7-5-12(6-8-13)14-10-22-16(17-14)15-4-2-3-9-18(15)11-19/h5-8,10,15,19H,2-4,9,11H2,1H3/t15-/m1/s1. The van der Waals surface area contributed by atoms with Gasteiger partial charge in [0.2, 0.25) is 0 Å². The van der Waals surface area contributed by atoms with Crippen LogP contribution in [0.25, 0.3) is 11.3 Å². The van der Waals surface area contributed by atoms with Crippen LogP contribution in [0.5, 0.6) is 0 Å². The number of likely N-dealkylation sites (tertiary alicyclic amines) is 1. The summed E-state index contributed by atoms with van der Waals surface area (Å²) in [5.41, 5.74) is 1.76. The molecule has 0 spiro atoms. The molecule has 1 atom stereocenters. The van der Waals surface area contributed by atoms with Crippen molar-refractivity contribution in [3.63, 3.8) is 0 Å². The number of aromatic nitrogens is 1. The van der Waals surface area contributed by atoms with E-state index in [2.05, 4.69) is 4.90 Å². The van der Waals surface area contributed by atoms with Crippen LogP contribution < -0.4 is 0 Å². The molecule has 2 aromatic rings. The highest BCUT2D eigenvalue weighted by atomic mass is 32.2. The first-order valence-electron chi connectivity index (χ1n) is 7.60. The molecule has 1 saturated heterocycles. The van der Waals surface area contributed by atoms with Crippen LogP contribution in [-0.4, -0.2) is 42.9 Å². The highest BCUT2D eigenvalue weighted by molar-refractivity contribution is 7.90. The Morgan fingerprint density at radius 3 is 2.70 bits per heavy atom. The van der Waals surface area contributed by atoms with Gasteiger partial charge in [-0.15, -0.1) is 11.3 Å². The summed E-state index contributed by atoms with van der Waals surface area (Å²) >= 11 is 1.60. The van der Waals surface area contributed by atoms with Gasteiger partial charge in [-0.1, -0.05) is 18.6 Å². The Kier molecular flexibility index (Phi) is 4.82. The zero-order valence-corrected chi connectivity index (χ0v) is 14.6. The van der Waals surface area contributed by atoms with E-state index in [9.17, 15) is 13.5 Å². The molecule has 0 saturated carbocycles. The van der Waals surface area contributed by atoms with E-state index in [0.29, 0.717) is 4.90 Å². The molecule has 124 valence electrons. The molecular formula is C16H20N2O3S2. The SMILES string of the molecule is CS(=O)(=O)c1ccc(-c2csc([C@H]3CCCCN3CO)n2)cc1. The molecule has 7 heteroatoms. The molecule has 23 heavy (non-hydrogen) atoms. The predicted molar refractivity (Wildman–Crippen MR) is 91.0 cm³/mol. The first-order chi connectivity index (χ1) is 11.0. The topological polar surface area (TPSA) is 70.5 Å². The van der Waals surface area contributed by atoms with Gasteiger partial charge in [-0.25, -0.2) is 13.4 Å². The van der Waals surface area contributed by atoms with Crippen molar-refractivity contribution in [3.05, 3.63) is 34.7 Å². The monoisotopic (exact) mass is 352 g/mol. The molecule has 2 heterocycles. The van der Waals surface area contributed by atoms with Crippen LogP contribution in [0.2, 0.25) is 0 Å². The molecule has 0 aliphatic carbocycles. The fourth-order valence-electron chi connectivity index (χ4n) is 2.89. The van der Waals surface area contributed by atoms with Crippen molar-refractivity contribution in [3.8, 4) is 11.3 Å². The quantitative estimate of drug-likeness (QED) is 0.916. The molecule has 0 bridgehead atoms. The van der Waals surface area contributed by atoms with E-state index in [0.717, 1.165) is 42.1 Å². The molecule has 1 aromatic heterocycles. The summed E-state index contributed by atoms with van der Waals surface area (Å²) in [6.45, 7) is 0.960. The summed E-state index contributed by atoms with van der Waals surface area (Å²) in [7, 11) is -3.18. The summed E-state index contributed by atoms with van der Waals surface area (Å²) in [6, 6.07) is 7.00. The first kappa shape index (κ1) is 16.6. The van der Waals surface area contributed by atoms with Crippen molar-refractivity contribution in [2.45, 2.75) is 30.2 Å². The first-order valence-corrected chi connectivity index (χ1v) is 10.4.